The summed E-state index contributed by atoms with van der Waals surface area (Å²) in [5.41, 5.74) is 2.88. The van der Waals surface area contributed by atoms with E-state index < -0.39 is 0 Å². The van der Waals surface area contributed by atoms with Gasteiger partial charge in [-0.25, -0.2) is 19.3 Å². The second-order valence-corrected chi connectivity index (χ2v) is 6.87. The molecule has 5 rings (SSSR count). The van der Waals surface area contributed by atoms with Crippen LogP contribution in [0.15, 0.2) is 97.8 Å². The predicted octanol–water partition coefficient (Wildman–Crippen LogP) is 3.84. The van der Waals surface area contributed by atoms with E-state index in [1.165, 1.54) is 6.33 Å². The van der Waals surface area contributed by atoms with Gasteiger partial charge in [-0.15, -0.1) is 0 Å². The first-order valence-corrected chi connectivity index (χ1v) is 9.85. The number of nitrogens with zero attached hydrogens (tertiary/aromatic N) is 6. The van der Waals surface area contributed by atoms with Gasteiger partial charge < -0.3 is 10.6 Å². The highest BCUT2D eigenvalue weighted by atomic mass is 16.1. The maximum atomic E-state index is 12.7. The van der Waals surface area contributed by atoms with Crippen LogP contribution in [0.5, 0.6) is 0 Å². The molecule has 3 heterocycles. The van der Waals surface area contributed by atoms with Crippen LogP contribution in [0.2, 0.25) is 0 Å². The Morgan fingerprint density at radius 2 is 1.53 bits per heavy atom. The Hall–Kier alpha value is -4.79. The summed E-state index contributed by atoms with van der Waals surface area (Å²) >= 11 is 0. The van der Waals surface area contributed by atoms with Gasteiger partial charge >= 0.3 is 0 Å². The van der Waals surface area contributed by atoms with Gasteiger partial charge in [0.25, 0.3) is 5.91 Å². The van der Waals surface area contributed by atoms with Crippen molar-refractivity contribution in [1.82, 2.24) is 29.5 Å². The van der Waals surface area contributed by atoms with E-state index >= 15 is 0 Å². The summed E-state index contributed by atoms with van der Waals surface area (Å²) in [4.78, 5) is 21.1. The van der Waals surface area contributed by atoms with E-state index in [2.05, 4.69) is 30.8 Å². The quantitative estimate of drug-likeness (QED) is 0.431. The fraction of sp³-hybridized carbons (Fsp3) is 0. The number of carbonyl (C=O) groups excluding carboxylic acids is 1. The van der Waals surface area contributed by atoms with Crippen LogP contribution < -0.4 is 10.6 Å². The molecule has 2 aromatic carbocycles. The number of rotatable bonds is 6. The number of carbonyl (C=O) groups is 1. The highest BCUT2D eigenvalue weighted by Crippen LogP contribution is 2.19. The molecular formula is C23H18N8O. The molecule has 9 nitrogen and oxygen atoms in total. The molecule has 9 heteroatoms. The van der Waals surface area contributed by atoms with E-state index in [-0.39, 0.29) is 5.91 Å². The molecule has 0 saturated heterocycles. The lowest BCUT2D eigenvalue weighted by Crippen LogP contribution is -2.12. The first kappa shape index (κ1) is 19.2. The zero-order valence-corrected chi connectivity index (χ0v) is 16.8. The van der Waals surface area contributed by atoms with Crippen LogP contribution >= 0.6 is 0 Å². The van der Waals surface area contributed by atoms with E-state index in [9.17, 15) is 4.79 Å². The van der Waals surface area contributed by atoms with Gasteiger partial charge in [0.2, 0.25) is 0 Å². The molecule has 0 unspecified atom stereocenters. The van der Waals surface area contributed by atoms with Gasteiger partial charge in [-0.2, -0.15) is 10.2 Å². The summed E-state index contributed by atoms with van der Waals surface area (Å²) in [6, 6.07) is 20.1. The predicted molar refractivity (Wildman–Crippen MR) is 120 cm³/mol. The normalized spacial score (nSPS) is 10.6. The van der Waals surface area contributed by atoms with Crippen molar-refractivity contribution in [2.75, 3.05) is 10.6 Å². The maximum absolute atomic E-state index is 12.7. The van der Waals surface area contributed by atoms with Gasteiger partial charge in [0.15, 0.2) is 5.82 Å². The molecular weight excluding hydrogens is 404 g/mol. The molecule has 156 valence electrons. The van der Waals surface area contributed by atoms with Gasteiger partial charge in [-0.3, -0.25) is 4.79 Å². The van der Waals surface area contributed by atoms with Crippen molar-refractivity contribution in [3.8, 4) is 11.5 Å². The van der Waals surface area contributed by atoms with E-state index in [1.54, 1.807) is 40.0 Å². The Bertz CT molecular complexity index is 1330. The average molecular weight is 422 g/mol. The molecule has 1 amide bonds. The van der Waals surface area contributed by atoms with Gasteiger partial charge in [0, 0.05) is 47.8 Å². The number of benzene rings is 2. The second kappa shape index (κ2) is 8.52. The molecule has 0 aliphatic heterocycles. The Labute approximate surface area is 183 Å². The van der Waals surface area contributed by atoms with Crippen LogP contribution in [0.1, 0.15) is 10.4 Å². The van der Waals surface area contributed by atoms with E-state index in [0.717, 1.165) is 11.4 Å². The topological polar surface area (TPSA) is 103 Å². The van der Waals surface area contributed by atoms with Crippen molar-refractivity contribution in [3.05, 3.63) is 103 Å². The third-order valence-corrected chi connectivity index (χ3v) is 4.68. The van der Waals surface area contributed by atoms with Crippen molar-refractivity contribution >= 4 is 23.1 Å². The van der Waals surface area contributed by atoms with Crippen LogP contribution in [-0.4, -0.2) is 35.4 Å². The first-order chi connectivity index (χ1) is 15.7. The molecule has 0 fully saturated rings. The zero-order valence-electron chi connectivity index (χ0n) is 16.8. The van der Waals surface area contributed by atoms with Crippen molar-refractivity contribution in [2.45, 2.75) is 0 Å². The summed E-state index contributed by atoms with van der Waals surface area (Å²) in [6.07, 6.45) is 8.51. The third-order valence-electron chi connectivity index (χ3n) is 4.68. The fourth-order valence-corrected chi connectivity index (χ4v) is 3.14. The molecule has 3 aromatic heterocycles. The molecule has 2 N–H and O–H groups in total. The van der Waals surface area contributed by atoms with E-state index in [0.29, 0.717) is 22.9 Å². The van der Waals surface area contributed by atoms with E-state index in [4.69, 9.17) is 0 Å². The molecule has 0 atom stereocenters. The summed E-state index contributed by atoms with van der Waals surface area (Å²) < 4.78 is 3.37. The fourth-order valence-electron chi connectivity index (χ4n) is 3.14. The minimum absolute atomic E-state index is 0.195. The minimum Gasteiger partial charge on any atom is -0.340 e. The molecule has 0 spiro atoms. The molecule has 5 aromatic rings. The minimum atomic E-state index is -0.195. The number of anilines is 3. The second-order valence-electron chi connectivity index (χ2n) is 6.87. The smallest absolute Gasteiger partial charge is 0.255 e. The van der Waals surface area contributed by atoms with Gasteiger partial charge in [-0.1, -0.05) is 6.07 Å². The van der Waals surface area contributed by atoms with Gasteiger partial charge in [-0.05, 0) is 54.6 Å². The van der Waals surface area contributed by atoms with Crippen LogP contribution in [0.25, 0.3) is 11.5 Å². The summed E-state index contributed by atoms with van der Waals surface area (Å²) in [5, 5.41) is 14.5. The Morgan fingerprint density at radius 3 is 2.28 bits per heavy atom. The number of amides is 1. The highest BCUT2D eigenvalue weighted by molar-refractivity contribution is 6.04. The number of aromatic nitrogens is 6. The third kappa shape index (κ3) is 4.21. The Kier molecular flexibility index (Phi) is 5.11. The standard InChI is InChI=1S/C23H18N8O/c32-23(17-4-1-5-20(14-17)30-12-2-10-26-30)29-19-8-6-18(7-9-19)28-21-15-22(25-16-24-21)31-13-3-11-27-31/h1-16H,(H,29,32)(H,24,25,28). The SMILES string of the molecule is O=C(Nc1ccc(Nc2cc(-n3cccn3)ncn2)cc1)c1cccc(-n2cccn2)c1. The van der Waals surface area contributed by atoms with Crippen LogP contribution in [-0.2, 0) is 0 Å². The monoisotopic (exact) mass is 422 g/mol. The van der Waals surface area contributed by atoms with Gasteiger partial charge in [0.05, 0.1) is 5.69 Å². The van der Waals surface area contributed by atoms with Crippen LogP contribution in [0.4, 0.5) is 17.2 Å². The highest BCUT2D eigenvalue weighted by Gasteiger charge is 2.08. The molecule has 0 aliphatic rings. The number of hydrogen-bond donors (Lipinski definition) is 2. The van der Waals surface area contributed by atoms with Crippen LogP contribution in [0.3, 0.4) is 0 Å². The Morgan fingerprint density at radius 1 is 0.781 bits per heavy atom. The van der Waals surface area contributed by atoms with Crippen molar-refractivity contribution in [3.63, 3.8) is 0 Å². The maximum Gasteiger partial charge on any atom is 0.255 e. The van der Waals surface area contributed by atoms with E-state index in [1.807, 2.05) is 60.9 Å². The summed E-state index contributed by atoms with van der Waals surface area (Å²) in [7, 11) is 0. The molecule has 32 heavy (non-hydrogen) atoms. The largest absolute Gasteiger partial charge is 0.340 e. The Balaban J connectivity index is 1.26. The lowest BCUT2D eigenvalue weighted by molar-refractivity contribution is 0.102. The zero-order chi connectivity index (χ0) is 21.8. The van der Waals surface area contributed by atoms with Crippen LogP contribution in [0, 0.1) is 0 Å². The summed E-state index contributed by atoms with van der Waals surface area (Å²) in [6.45, 7) is 0. The lowest BCUT2D eigenvalue weighted by Gasteiger charge is -2.10. The molecule has 0 radical (unpaired) electrons. The average Bonchev–Trinajstić information content (AvgIpc) is 3.55. The number of hydrogen-bond acceptors (Lipinski definition) is 6. The van der Waals surface area contributed by atoms with Crippen molar-refractivity contribution < 1.29 is 4.79 Å². The molecule has 0 bridgehead atoms. The van der Waals surface area contributed by atoms with Gasteiger partial charge in [0.1, 0.15) is 12.1 Å². The molecule has 0 saturated carbocycles. The summed E-state index contributed by atoms with van der Waals surface area (Å²) in [5.74, 6) is 1.10. The van der Waals surface area contributed by atoms with Crippen molar-refractivity contribution in [1.29, 1.82) is 0 Å². The lowest BCUT2D eigenvalue weighted by atomic mass is 10.2. The molecule has 0 aliphatic carbocycles. The first-order valence-electron chi connectivity index (χ1n) is 9.85. The number of nitrogens with one attached hydrogen (secondary N) is 2. The van der Waals surface area contributed by atoms with Crippen molar-refractivity contribution in [2.24, 2.45) is 0 Å².